The number of rotatable bonds is 11. The second kappa shape index (κ2) is 12.7. The van der Waals surface area contributed by atoms with Crippen LogP contribution in [0.2, 0.25) is 5.02 Å². The number of para-hydroxylation sites is 1. The van der Waals surface area contributed by atoms with E-state index in [4.69, 9.17) is 21.1 Å². The van der Waals surface area contributed by atoms with Crippen LogP contribution in [0.1, 0.15) is 51.9 Å². The first-order chi connectivity index (χ1) is 15.9. The minimum absolute atomic E-state index is 0.00193. The molecule has 7 atom stereocenters. The first-order valence-electron chi connectivity index (χ1n) is 12.1. The highest BCUT2D eigenvalue weighted by Gasteiger charge is 2.43. The fourth-order valence-electron chi connectivity index (χ4n) is 5.17. The van der Waals surface area contributed by atoms with E-state index in [0.717, 1.165) is 32.1 Å². The van der Waals surface area contributed by atoms with E-state index in [1.807, 2.05) is 25.1 Å². The maximum Gasteiger partial charge on any atom is 0.306 e. The molecule has 2 fully saturated rings. The lowest BCUT2D eigenvalue weighted by atomic mass is 9.85. The number of aliphatic hydroxyl groups excluding tert-OH is 2. The van der Waals surface area contributed by atoms with E-state index in [-0.39, 0.29) is 30.5 Å². The van der Waals surface area contributed by atoms with Crippen LogP contribution in [-0.2, 0) is 9.53 Å². The zero-order chi connectivity index (χ0) is 23.8. The number of ether oxygens (including phenoxy) is 2. The normalized spacial score (nSPS) is 29.4. The number of fused-ring (bicyclic) bond motifs is 1. The minimum atomic E-state index is -0.807. The Balaban J connectivity index is 1.50. The van der Waals surface area contributed by atoms with Crippen LogP contribution in [0.25, 0.3) is 0 Å². The second-order valence-electron chi connectivity index (χ2n) is 9.45. The Kier molecular flexibility index (Phi) is 10.0. The standard InChI is InChI=1S/C26H37ClO6/c1-2-5-18(26(30)31)10-8-17-9-12-21-20(23(29)14-25(21)32-15-17)13-11-19(28)16-33-24-7-4-3-6-22(24)27/h3-4,6-7,11,13,17-21,23,25,28-29H,2,5,8-10,12,14-16H2,1H3,(H,30,31)/t17-,18?,19-,20-,21-,23-,25+/m1/s1. The minimum Gasteiger partial charge on any atom is -0.489 e. The molecule has 1 aromatic rings. The van der Waals surface area contributed by atoms with E-state index in [0.29, 0.717) is 36.1 Å². The van der Waals surface area contributed by atoms with Crippen molar-refractivity contribution in [2.45, 2.75) is 70.2 Å². The van der Waals surface area contributed by atoms with E-state index in [1.54, 1.807) is 18.2 Å². The van der Waals surface area contributed by atoms with Crippen LogP contribution in [0.4, 0.5) is 0 Å². The van der Waals surface area contributed by atoms with Crippen LogP contribution in [0, 0.1) is 23.7 Å². The topological polar surface area (TPSA) is 96.2 Å². The zero-order valence-corrected chi connectivity index (χ0v) is 20.1. The molecule has 1 heterocycles. The predicted octanol–water partition coefficient (Wildman–Crippen LogP) is 4.71. The van der Waals surface area contributed by atoms with Crippen LogP contribution < -0.4 is 4.74 Å². The molecule has 33 heavy (non-hydrogen) atoms. The van der Waals surface area contributed by atoms with Crippen molar-refractivity contribution in [2.24, 2.45) is 23.7 Å². The van der Waals surface area contributed by atoms with E-state index in [1.165, 1.54) is 0 Å². The molecule has 0 bridgehead atoms. The Morgan fingerprint density at radius 3 is 2.82 bits per heavy atom. The molecule has 3 N–H and O–H groups in total. The van der Waals surface area contributed by atoms with E-state index < -0.39 is 18.2 Å². The van der Waals surface area contributed by atoms with Crippen LogP contribution >= 0.6 is 11.6 Å². The maximum absolute atomic E-state index is 11.4. The Morgan fingerprint density at radius 2 is 2.09 bits per heavy atom. The van der Waals surface area contributed by atoms with Gasteiger partial charge in [-0.15, -0.1) is 0 Å². The number of aliphatic carboxylic acids is 1. The summed E-state index contributed by atoms with van der Waals surface area (Å²) in [5.74, 6) is 0.0309. The number of carboxylic acid groups (broad SMARTS) is 1. The highest BCUT2D eigenvalue weighted by atomic mass is 35.5. The molecule has 1 saturated heterocycles. The van der Waals surface area contributed by atoms with Crippen molar-refractivity contribution < 1.29 is 29.6 Å². The van der Waals surface area contributed by atoms with Crippen molar-refractivity contribution >= 4 is 17.6 Å². The van der Waals surface area contributed by atoms with Crippen LogP contribution in [0.5, 0.6) is 5.75 Å². The van der Waals surface area contributed by atoms with Gasteiger partial charge < -0.3 is 24.8 Å². The summed E-state index contributed by atoms with van der Waals surface area (Å²) in [6.45, 7) is 2.72. The summed E-state index contributed by atoms with van der Waals surface area (Å²) in [6, 6.07) is 7.13. The average Bonchev–Trinajstić information content (AvgIpc) is 2.95. The van der Waals surface area contributed by atoms with E-state index in [2.05, 4.69) is 0 Å². The summed E-state index contributed by atoms with van der Waals surface area (Å²) in [7, 11) is 0. The molecule has 0 spiro atoms. The van der Waals surface area contributed by atoms with Gasteiger partial charge >= 0.3 is 5.97 Å². The van der Waals surface area contributed by atoms with Crippen LogP contribution in [-0.4, -0.2) is 52.8 Å². The van der Waals surface area contributed by atoms with Gasteiger partial charge in [0, 0.05) is 18.9 Å². The third-order valence-electron chi connectivity index (χ3n) is 7.06. The van der Waals surface area contributed by atoms with Crippen molar-refractivity contribution in [1.29, 1.82) is 0 Å². The van der Waals surface area contributed by atoms with E-state index >= 15 is 0 Å². The number of carbonyl (C=O) groups is 1. The Hall–Kier alpha value is -1.60. The van der Waals surface area contributed by atoms with Gasteiger partial charge in [-0.25, -0.2) is 0 Å². The summed E-state index contributed by atoms with van der Waals surface area (Å²) in [5.41, 5.74) is 0. The van der Waals surface area contributed by atoms with Gasteiger partial charge in [-0.1, -0.05) is 49.2 Å². The molecule has 1 aromatic carbocycles. The largest absolute Gasteiger partial charge is 0.489 e. The number of hydrogen-bond donors (Lipinski definition) is 3. The molecule has 7 heteroatoms. The number of aliphatic hydroxyl groups is 2. The van der Waals surface area contributed by atoms with Gasteiger partial charge in [-0.3, -0.25) is 4.79 Å². The summed E-state index contributed by atoms with van der Waals surface area (Å²) in [4.78, 5) is 11.4. The molecule has 1 aliphatic carbocycles. The molecule has 0 radical (unpaired) electrons. The average molecular weight is 481 g/mol. The van der Waals surface area contributed by atoms with Crippen LogP contribution in [0.3, 0.4) is 0 Å². The lowest BCUT2D eigenvalue weighted by molar-refractivity contribution is -0.142. The third-order valence-corrected chi connectivity index (χ3v) is 7.37. The molecular weight excluding hydrogens is 444 g/mol. The highest BCUT2D eigenvalue weighted by molar-refractivity contribution is 6.32. The summed E-state index contributed by atoms with van der Waals surface area (Å²) < 4.78 is 11.8. The van der Waals surface area contributed by atoms with Gasteiger partial charge in [0.1, 0.15) is 18.5 Å². The molecule has 1 aliphatic heterocycles. The monoisotopic (exact) mass is 480 g/mol. The molecule has 2 aliphatic rings. The summed E-state index contributed by atoms with van der Waals surface area (Å²) >= 11 is 6.08. The third kappa shape index (κ3) is 7.44. The fraction of sp³-hybridized carbons (Fsp3) is 0.654. The highest BCUT2D eigenvalue weighted by Crippen LogP contribution is 2.42. The first kappa shape index (κ1) is 26.0. The Labute approximate surface area is 201 Å². The Bertz CT molecular complexity index is 784. The second-order valence-corrected chi connectivity index (χ2v) is 9.86. The maximum atomic E-state index is 11.4. The van der Waals surface area contributed by atoms with Gasteiger partial charge in [-0.2, -0.15) is 0 Å². The van der Waals surface area contributed by atoms with Gasteiger partial charge in [0.2, 0.25) is 0 Å². The molecule has 1 saturated carbocycles. The lowest BCUT2D eigenvalue weighted by Crippen LogP contribution is -2.22. The number of carboxylic acids is 1. The molecule has 0 amide bonds. The van der Waals surface area contributed by atoms with Crippen molar-refractivity contribution in [2.75, 3.05) is 13.2 Å². The van der Waals surface area contributed by atoms with Gasteiger partial charge in [0.25, 0.3) is 0 Å². The lowest BCUT2D eigenvalue weighted by Gasteiger charge is -2.21. The van der Waals surface area contributed by atoms with Crippen LogP contribution in [0.15, 0.2) is 36.4 Å². The Morgan fingerprint density at radius 1 is 1.30 bits per heavy atom. The summed E-state index contributed by atoms with van der Waals surface area (Å²) in [6.07, 6.45) is 7.93. The fourth-order valence-corrected chi connectivity index (χ4v) is 5.36. The van der Waals surface area contributed by atoms with Gasteiger partial charge in [-0.05, 0) is 56.1 Å². The van der Waals surface area contributed by atoms with E-state index in [9.17, 15) is 20.1 Å². The smallest absolute Gasteiger partial charge is 0.306 e. The molecule has 6 nitrogen and oxygen atoms in total. The number of hydrogen-bond acceptors (Lipinski definition) is 5. The number of halogens is 1. The molecule has 184 valence electrons. The molecule has 1 unspecified atom stereocenters. The molecule has 0 aromatic heterocycles. The van der Waals surface area contributed by atoms with Crippen molar-refractivity contribution in [1.82, 2.24) is 0 Å². The predicted molar refractivity (Wildman–Crippen MR) is 127 cm³/mol. The van der Waals surface area contributed by atoms with Crippen molar-refractivity contribution in [3.05, 3.63) is 41.4 Å². The number of benzene rings is 1. The molecular formula is C26H37ClO6. The zero-order valence-electron chi connectivity index (χ0n) is 19.3. The van der Waals surface area contributed by atoms with Gasteiger partial charge in [0.05, 0.1) is 23.1 Å². The first-order valence-corrected chi connectivity index (χ1v) is 12.5. The SMILES string of the molecule is CCCC(CC[C@@H]1CC[C@@H]2[C@@H](C=C[C@@H](O)COc3ccccc3Cl)[C@H](O)C[C@@H]2OC1)C(=O)O. The molecule has 3 rings (SSSR count). The van der Waals surface area contributed by atoms with Crippen molar-refractivity contribution in [3.63, 3.8) is 0 Å². The summed E-state index contributed by atoms with van der Waals surface area (Å²) in [5, 5.41) is 30.8. The quantitative estimate of drug-likeness (QED) is 0.397. The van der Waals surface area contributed by atoms with Crippen molar-refractivity contribution in [3.8, 4) is 5.75 Å². The van der Waals surface area contributed by atoms with Gasteiger partial charge in [0.15, 0.2) is 0 Å².